The highest BCUT2D eigenvalue weighted by Gasteiger charge is 2.54. The minimum absolute atomic E-state index is 0.0252. The van der Waals surface area contributed by atoms with Gasteiger partial charge in [0.15, 0.2) is 6.23 Å². The number of aliphatic hydroxyl groups is 3. The van der Waals surface area contributed by atoms with Gasteiger partial charge in [-0.3, -0.25) is 4.57 Å². The van der Waals surface area contributed by atoms with Gasteiger partial charge < -0.3 is 25.8 Å². The summed E-state index contributed by atoms with van der Waals surface area (Å²) in [6, 6.07) is 1.29. The number of rotatable bonds is 3. The second-order valence-electron chi connectivity index (χ2n) is 4.18. The van der Waals surface area contributed by atoms with E-state index in [1.54, 1.807) is 0 Å². The average Bonchev–Trinajstić information content (AvgIpc) is 2.65. The molecule has 2 rings (SSSR count). The first kappa shape index (κ1) is 14.2. The summed E-state index contributed by atoms with van der Waals surface area (Å²) >= 11 is 0. The molecule has 0 radical (unpaired) electrons. The topological polar surface area (TPSA) is 180 Å². The van der Waals surface area contributed by atoms with E-state index in [9.17, 15) is 20.1 Å². The predicted molar refractivity (Wildman–Crippen MR) is 64.0 cm³/mol. The highest BCUT2D eigenvalue weighted by molar-refractivity contribution is 5.23. The van der Waals surface area contributed by atoms with Crippen molar-refractivity contribution in [1.82, 2.24) is 9.55 Å². The third-order valence-corrected chi connectivity index (χ3v) is 2.97. The van der Waals surface area contributed by atoms with Gasteiger partial charge in [0.25, 0.3) is 0 Å². The molecule has 0 aromatic carbocycles. The first-order valence-electron chi connectivity index (χ1n) is 5.51. The molecule has 108 valence electrons. The third-order valence-electron chi connectivity index (χ3n) is 2.97. The van der Waals surface area contributed by atoms with Crippen LogP contribution in [0.4, 0.5) is 5.82 Å². The van der Waals surface area contributed by atoms with Crippen LogP contribution in [-0.2, 0) is 4.74 Å². The Morgan fingerprint density at radius 3 is 2.90 bits per heavy atom. The molecule has 1 aliphatic heterocycles. The van der Waals surface area contributed by atoms with Crippen LogP contribution in [0, 0.1) is 0 Å². The van der Waals surface area contributed by atoms with Crippen molar-refractivity contribution in [1.29, 1.82) is 0 Å². The van der Waals surface area contributed by atoms with E-state index in [1.807, 2.05) is 0 Å². The summed E-state index contributed by atoms with van der Waals surface area (Å²) in [6.07, 6.45) is -3.48. The van der Waals surface area contributed by atoms with Gasteiger partial charge in [0.2, 0.25) is 5.72 Å². The molecule has 0 saturated carbocycles. The zero-order valence-corrected chi connectivity index (χ0v) is 10.1. The maximum Gasteiger partial charge on any atom is 0.351 e. The van der Waals surface area contributed by atoms with Crippen LogP contribution in [0.25, 0.3) is 10.4 Å². The van der Waals surface area contributed by atoms with Crippen LogP contribution in [-0.4, -0.2) is 49.4 Å². The van der Waals surface area contributed by atoms with E-state index in [0.717, 1.165) is 4.57 Å². The van der Waals surface area contributed by atoms with Crippen LogP contribution in [0.1, 0.15) is 6.23 Å². The molecule has 1 aromatic heterocycles. The molecule has 0 spiro atoms. The largest absolute Gasteiger partial charge is 0.393 e. The molecule has 2 heterocycles. The van der Waals surface area contributed by atoms with Crippen molar-refractivity contribution in [3.63, 3.8) is 0 Å². The molecule has 0 unspecified atom stereocenters. The van der Waals surface area contributed by atoms with Crippen molar-refractivity contribution in [3.8, 4) is 0 Å². The molecule has 1 aliphatic rings. The number of nitrogen functional groups attached to an aromatic ring is 1. The minimum atomic E-state index is -2.07. The van der Waals surface area contributed by atoms with E-state index in [0.29, 0.717) is 0 Å². The molecule has 4 atom stereocenters. The summed E-state index contributed by atoms with van der Waals surface area (Å²) in [4.78, 5) is 17.6. The molecule has 0 bridgehead atoms. The van der Waals surface area contributed by atoms with Gasteiger partial charge in [0, 0.05) is 11.1 Å². The Kier molecular flexibility index (Phi) is 3.61. The maximum atomic E-state index is 11.7. The summed E-state index contributed by atoms with van der Waals surface area (Å²) in [6.45, 7) is -0.872. The molecule has 0 aliphatic carbocycles. The van der Waals surface area contributed by atoms with E-state index in [1.165, 1.54) is 12.3 Å². The summed E-state index contributed by atoms with van der Waals surface area (Å²) in [5.74, 6) is -0.0252. The van der Waals surface area contributed by atoms with Crippen molar-refractivity contribution < 1.29 is 20.1 Å². The van der Waals surface area contributed by atoms with E-state index in [4.69, 9.17) is 16.0 Å². The fourth-order valence-electron chi connectivity index (χ4n) is 1.93. The normalized spacial score (nSPS) is 32.9. The quantitative estimate of drug-likeness (QED) is 0.283. The Morgan fingerprint density at radius 2 is 2.35 bits per heavy atom. The van der Waals surface area contributed by atoms with E-state index in [-0.39, 0.29) is 5.82 Å². The number of azide groups is 1. The standard InChI is InChI=1S/C9H12N6O5/c10-4-1-2-15(8(19)12-4)7-5(17)6(18)9(3-16,20-7)13-14-11/h1-2,5-7,16-18H,3H2,(H2,10,12,19)/t5-,6+,7+,9-/m1/s1. The lowest BCUT2D eigenvalue weighted by molar-refractivity contribution is -0.125. The fraction of sp³-hybridized carbons (Fsp3) is 0.556. The monoisotopic (exact) mass is 284 g/mol. The number of aliphatic hydroxyl groups excluding tert-OH is 3. The summed E-state index contributed by atoms with van der Waals surface area (Å²) in [5.41, 5.74) is 10.9. The lowest BCUT2D eigenvalue weighted by Crippen LogP contribution is -2.44. The van der Waals surface area contributed by atoms with Crippen molar-refractivity contribution >= 4 is 5.82 Å². The predicted octanol–water partition coefficient (Wildman–Crippen LogP) is -1.92. The van der Waals surface area contributed by atoms with E-state index >= 15 is 0 Å². The Hall–Kier alpha value is -2.17. The lowest BCUT2D eigenvalue weighted by atomic mass is 10.1. The average molecular weight is 284 g/mol. The molecule has 11 nitrogen and oxygen atoms in total. The summed E-state index contributed by atoms with van der Waals surface area (Å²) < 4.78 is 6.05. The van der Waals surface area contributed by atoms with Crippen LogP contribution in [0.3, 0.4) is 0 Å². The van der Waals surface area contributed by atoms with Gasteiger partial charge >= 0.3 is 5.69 Å². The van der Waals surface area contributed by atoms with Gasteiger partial charge in [-0.15, -0.1) is 0 Å². The van der Waals surface area contributed by atoms with Crippen LogP contribution in [0.5, 0.6) is 0 Å². The number of hydrogen-bond donors (Lipinski definition) is 4. The van der Waals surface area contributed by atoms with Crippen LogP contribution >= 0.6 is 0 Å². The Labute approximate surface area is 111 Å². The number of hydrogen-bond acceptors (Lipinski definition) is 8. The van der Waals surface area contributed by atoms with Crippen LogP contribution in [0.15, 0.2) is 22.2 Å². The molecular weight excluding hydrogens is 272 g/mol. The third kappa shape index (κ3) is 2.09. The van der Waals surface area contributed by atoms with E-state index < -0.39 is 36.5 Å². The van der Waals surface area contributed by atoms with Crippen molar-refractivity contribution in [2.45, 2.75) is 24.2 Å². The Morgan fingerprint density at radius 1 is 1.65 bits per heavy atom. The first-order valence-corrected chi connectivity index (χ1v) is 5.51. The molecule has 1 aromatic rings. The molecule has 0 amide bonds. The zero-order valence-electron chi connectivity index (χ0n) is 10.1. The summed E-state index contributed by atoms with van der Waals surface area (Å²) in [5, 5.41) is 32.2. The number of aromatic nitrogens is 2. The van der Waals surface area contributed by atoms with E-state index in [2.05, 4.69) is 15.0 Å². The number of nitrogens with zero attached hydrogens (tertiary/aromatic N) is 5. The lowest BCUT2D eigenvalue weighted by Gasteiger charge is -2.23. The summed E-state index contributed by atoms with van der Waals surface area (Å²) in [7, 11) is 0. The molecule has 5 N–H and O–H groups in total. The maximum absolute atomic E-state index is 11.7. The molecular formula is C9H12N6O5. The van der Waals surface area contributed by atoms with Crippen LogP contribution < -0.4 is 11.4 Å². The second-order valence-corrected chi connectivity index (χ2v) is 4.18. The zero-order chi connectivity index (χ0) is 14.9. The van der Waals surface area contributed by atoms with Gasteiger partial charge in [0.1, 0.15) is 18.0 Å². The molecule has 11 heteroatoms. The van der Waals surface area contributed by atoms with Gasteiger partial charge in [0.05, 0.1) is 6.61 Å². The highest BCUT2D eigenvalue weighted by atomic mass is 16.6. The Balaban J connectivity index is 2.45. The number of ether oxygens (including phenoxy) is 1. The van der Waals surface area contributed by atoms with Gasteiger partial charge in [-0.2, -0.15) is 4.98 Å². The van der Waals surface area contributed by atoms with Crippen LogP contribution in [0.2, 0.25) is 0 Å². The number of anilines is 1. The highest BCUT2D eigenvalue weighted by Crippen LogP contribution is 2.37. The van der Waals surface area contributed by atoms with Gasteiger partial charge in [-0.25, -0.2) is 4.79 Å². The van der Waals surface area contributed by atoms with Crippen molar-refractivity contribution in [2.75, 3.05) is 12.3 Å². The van der Waals surface area contributed by atoms with Gasteiger partial charge in [-0.05, 0) is 11.6 Å². The molecule has 1 saturated heterocycles. The fourth-order valence-corrected chi connectivity index (χ4v) is 1.93. The smallest absolute Gasteiger partial charge is 0.351 e. The SMILES string of the molecule is [N-]=[N+]=N[C@]1(CO)O[C@H](n2ccc(N)nc2=O)[C@H](O)[C@@H]1O. The number of nitrogens with two attached hydrogens (primary N) is 1. The molecule has 1 fully saturated rings. The van der Waals surface area contributed by atoms with Crippen molar-refractivity contribution in [2.24, 2.45) is 5.11 Å². The first-order chi connectivity index (χ1) is 9.45. The van der Waals surface area contributed by atoms with Gasteiger partial charge in [-0.1, -0.05) is 5.11 Å². The van der Waals surface area contributed by atoms with Crippen molar-refractivity contribution in [3.05, 3.63) is 33.2 Å². The Bertz CT molecular complexity index is 613. The minimum Gasteiger partial charge on any atom is -0.393 e. The molecule has 20 heavy (non-hydrogen) atoms. The second kappa shape index (κ2) is 5.07.